The highest BCUT2D eigenvalue weighted by Crippen LogP contribution is 2.23. The largest absolute Gasteiger partial charge is 0.460 e. The third kappa shape index (κ3) is 3.46. The fourth-order valence-electron chi connectivity index (χ4n) is 1.65. The van der Waals surface area contributed by atoms with E-state index >= 15 is 0 Å². The molecule has 88 valence electrons. The van der Waals surface area contributed by atoms with Gasteiger partial charge in [-0.25, -0.2) is 4.79 Å². The molecular weight excluding hydrogens is 208 g/mol. The highest BCUT2D eigenvalue weighted by Gasteiger charge is 2.39. The molecule has 4 heteroatoms. The topological polar surface area (TPSA) is 35.5 Å². The lowest BCUT2D eigenvalue weighted by Gasteiger charge is -2.32. The fourth-order valence-corrected chi connectivity index (χ4v) is 4.53. The Morgan fingerprint density at radius 2 is 1.87 bits per heavy atom. The van der Waals surface area contributed by atoms with E-state index in [-0.39, 0.29) is 11.7 Å². The summed E-state index contributed by atoms with van der Waals surface area (Å²) in [7, 11) is -0.201. The standard InChI is InChI=1S/C11H22O3Si/c1-7-15(8-2,13-6)10(5)14-11(12)9(3)4/h10H,3,7-8H2,1-2,4-6H3. The Bertz CT molecular complexity index is 226. The molecule has 0 aromatic rings. The Balaban J connectivity index is 4.58. The first-order valence-corrected chi connectivity index (χ1v) is 7.75. The third-order valence-corrected chi connectivity index (χ3v) is 7.78. The number of hydrogen-bond donors (Lipinski definition) is 0. The van der Waals surface area contributed by atoms with Crippen molar-refractivity contribution >= 4 is 14.3 Å². The van der Waals surface area contributed by atoms with E-state index in [1.165, 1.54) is 0 Å². The van der Waals surface area contributed by atoms with Crippen LogP contribution in [0.25, 0.3) is 0 Å². The zero-order chi connectivity index (χ0) is 12.1. The molecule has 0 saturated carbocycles. The Labute approximate surface area is 93.6 Å². The van der Waals surface area contributed by atoms with Crippen LogP contribution in [0.15, 0.2) is 12.2 Å². The number of hydrogen-bond acceptors (Lipinski definition) is 3. The molecule has 0 spiro atoms. The van der Waals surface area contributed by atoms with Crippen LogP contribution in [-0.4, -0.2) is 27.1 Å². The smallest absolute Gasteiger partial charge is 0.333 e. The van der Waals surface area contributed by atoms with Gasteiger partial charge in [-0.1, -0.05) is 20.4 Å². The molecule has 0 rings (SSSR count). The number of rotatable bonds is 6. The zero-order valence-electron chi connectivity index (χ0n) is 10.4. The lowest BCUT2D eigenvalue weighted by atomic mass is 10.4. The van der Waals surface area contributed by atoms with Crippen molar-refractivity contribution in [3.8, 4) is 0 Å². The second kappa shape index (κ2) is 6.08. The SMILES string of the molecule is C=C(C)C(=O)OC(C)[Si](CC)(CC)OC. The van der Waals surface area contributed by atoms with E-state index in [1.54, 1.807) is 14.0 Å². The van der Waals surface area contributed by atoms with Gasteiger partial charge in [0.15, 0.2) is 0 Å². The van der Waals surface area contributed by atoms with Gasteiger partial charge in [0.05, 0.1) is 0 Å². The van der Waals surface area contributed by atoms with Crippen LogP contribution >= 0.6 is 0 Å². The Morgan fingerprint density at radius 3 is 2.13 bits per heavy atom. The maximum Gasteiger partial charge on any atom is 0.333 e. The summed E-state index contributed by atoms with van der Waals surface area (Å²) in [5, 5.41) is 0. The summed E-state index contributed by atoms with van der Waals surface area (Å²) < 4.78 is 11.0. The van der Waals surface area contributed by atoms with Crippen molar-refractivity contribution in [3.63, 3.8) is 0 Å². The highest BCUT2D eigenvalue weighted by molar-refractivity contribution is 6.74. The van der Waals surface area contributed by atoms with E-state index < -0.39 is 8.32 Å². The molecule has 0 heterocycles. The third-order valence-electron chi connectivity index (χ3n) is 2.98. The van der Waals surface area contributed by atoms with Crippen LogP contribution in [0, 0.1) is 0 Å². The van der Waals surface area contributed by atoms with Crippen LogP contribution < -0.4 is 0 Å². The molecule has 15 heavy (non-hydrogen) atoms. The maximum atomic E-state index is 11.4. The molecule has 0 saturated heterocycles. The molecule has 0 aliphatic rings. The molecule has 0 N–H and O–H groups in total. The Hall–Kier alpha value is -0.613. The molecule has 0 aliphatic heterocycles. The fraction of sp³-hybridized carbons (Fsp3) is 0.727. The minimum absolute atomic E-state index is 0.123. The lowest BCUT2D eigenvalue weighted by molar-refractivity contribution is -0.141. The summed E-state index contributed by atoms with van der Waals surface area (Å²) in [6.45, 7) is 11.3. The minimum atomic E-state index is -1.91. The van der Waals surface area contributed by atoms with Crippen LogP contribution in [0.4, 0.5) is 0 Å². The van der Waals surface area contributed by atoms with E-state index in [0.717, 1.165) is 12.1 Å². The van der Waals surface area contributed by atoms with Crippen molar-refractivity contribution in [2.75, 3.05) is 7.11 Å². The number of esters is 1. The average molecular weight is 230 g/mol. The number of ether oxygens (including phenoxy) is 1. The monoisotopic (exact) mass is 230 g/mol. The summed E-state index contributed by atoms with van der Waals surface area (Å²) in [6.07, 6.45) is 0. The molecule has 1 atom stereocenters. The van der Waals surface area contributed by atoms with E-state index in [0.29, 0.717) is 5.57 Å². The molecule has 0 amide bonds. The Kier molecular flexibility index (Phi) is 5.83. The van der Waals surface area contributed by atoms with E-state index in [9.17, 15) is 4.79 Å². The molecule has 0 fully saturated rings. The van der Waals surface area contributed by atoms with Crippen molar-refractivity contribution in [1.82, 2.24) is 0 Å². The van der Waals surface area contributed by atoms with Gasteiger partial charge in [0.1, 0.15) is 5.73 Å². The van der Waals surface area contributed by atoms with Crippen molar-refractivity contribution < 1.29 is 14.0 Å². The predicted octanol–water partition coefficient (Wildman–Crippen LogP) is 2.67. The van der Waals surface area contributed by atoms with E-state index in [4.69, 9.17) is 9.16 Å². The normalized spacial score (nSPS) is 13.4. The molecule has 0 aromatic carbocycles. The quantitative estimate of drug-likeness (QED) is 0.400. The number of carbonyl (C=O) groups excluding carboxylic acids is 1. The van der Waals surface area contributed by atoms with E-state index in [2.05, 4.69) is 20.4 Å². The molecule has 0 aromatic heterocycles. The molecule has 0 radical (unpaired) electrons. The molecular formula is C11H22O3Si. The van der Waals surface area contributed by atoms with Crippen molar-refractivity contribution in [1.29, 1.82) is 0 Å². The summed E-state index contributed by atoms with van der Waals surface area (Å²) >= 11 is 0. The van der Waals surface area contributed by atoms with Crippen LogP contribution in [0.2, 0.25) is 12.1 Å². The van der Waals surface area contributed by atoms with Gasteiger partial charge in [0.2, 0.25) is 8.32 Å². The summed E-state index contributed by atoms with van der Waals surface area (Å²) in [4.78, 5) is 11.4. The van der Waals surface area contributed by atoms with Crippen LogP contribution in [0.5, 0.6) is 0 Å². The molecule has 3 nitrogen and oxygen atoms in total. The minimum Gasteiger partial charge on any atom is -0.460 e. The zero-order valence-corrected chi connectivity index (χ0v) is 11.4. The van der Waals surface area contributed by atoms with Gasteiger partial charge in [-0.2, -0.15) is 0 Å². The first-order valence-electron chi connectivity index (χ1n) is 5.35. The van der Waals surface area contributed by atoms with Gasteiger partial charge in [0, 0.05) is 12.7 Å². The van der Waals surface area contributed by atoms with E-state index in [1.807, 2.05) is 6.92 Å². The first-order chi connectivity index (χ1) is 6.93. The lowest BCUT2D eigenvalue weighted by Crippen LogP contribution is -2.49. The van der Waals surface area contributed by atoms with Gasteiger partial charge in [-0.05, 0) is 25.9 Å². The first kappa shape index (κ1) is 14.4. The second-order valence-electron chi connectivity index (χ2n) is 3.80. The van der Waals surface area contributed by atoms with Crippen LogP contribution in [0.1, 0.15) is 27.7 Å². The van der Waals surface area contributed by atoms with Crippen molar-refractivity contribution in [2.45, 2.75) is 45.5 Å². The van der Waals surface area contributed by atoms with Crippen molar-refractivity contribution in [2.24, 2.45) is 0 Å². The molecule has 0 bridgehead atoms. The average Bonchev–Trinajstić information content (AvgIpc) is 2.21. The van der Waals surface area contributed by atoms with Crippen LogP contribution in [0.3, 0.4) is 0 Å². The molecule has 0 aliphatic carbocycles. The van der Waals surface area contributed by atoms with Crippen molar-refractivity contribution in [3.05, 3.63) is 12.2 Å². The number of carbonyl (C=O) groups is 1. The molecule has 1 unspecified atom stereocenters. The van der Waals surface area contributed by atoms with Crippen LogP contribution in [-0.2, 0) is 14.0 Å². The maximum absolute atomic E-state index is 11.4. The van der Waals surface area contributed by atoms with Gasteiger partial charge in [-0.3, -0.25) is 0 Å². The van der Waals surface area contributed by atoms with Gasteiger partial charge in [0.25, 0.3) is 0 Å². The summed E-state index contributed by atoms with van der Waals surface area (Å²) in [6, 6.07) is 1.90. The Morgan fingerprint density at radius 1 is 1.40 bits per heavy atom. The summed E-state index contributed by atoms with van der Waals surface area (Å²) in [5.41, 5.74) is 0.315. The summed E-state index contributed by atoms with van der Waals surface area (Å²) in [5.74, 6) is -0.321. The van der Waals surface area contributed by atoms with Gasteiger partial charge >= 0.3 is 5.97 Å². The highest BCUT2D eigenvalue weighted by atomic mass is 28.4. The predicted molar refractivity (Wildman–Crippen MR) is 64.1 cm³/mol. The second-order valence-corrected chi connectivity index (χ2v) is 8.57. The van der Waals surface area contributed by atoms with Gasteiger partial charge in [-0.15, -0.1) is 0 Å². The van der Waals surface area contributed by atoms with Gasteiger partial charge < -0.3 is 9.16 Å².